The number of amides is 1. The number of halogens is 1. The predicted octanol–water partition coefficient (Wildman–Crippen LogP) is 3.38. The molecule has 0 fully saturated rings. The fourth-order valence-electron chi connectivity index (χ4n) is 2.53. The van der Waals surface area contributed by atoms with Crippen molar-refractivity contribution in [3.8, 4) is 10.6 Å². The molecule has 0 bridgehead atoms. The lowest BCUT2D eigenvalue weighted by molar-refractivity contribution is -0.114. The molecule has 2 aromatic carbocycles. The van der Waals surface area contributed by atoms with Crippen molar-refractivity contribution in [2.75, 3.05) is 17.2 Å². The molecule has 0 aliphatic carbocycles. The molecule has 4 aromatic rings. The molecule has 1 amide bonds. The average molecular weight is 400 g/mol. The molecule has 0 spiro atoms. The molecular formula is C17H14ClN7OS. The van der Waals surface area contributed by atoms with Gasteiger partial charge >= 0.3 is 0 Å². The normalized spacial score (nSPS) is 10.9. The number of H-pyrrole nitrogens is 1. The Morgan fingerprint density at radius 1 is 1.26 bits per heavy atom. The molecule has 0 saturated carbocycles. The van der Waals surface area contributed by atoms with E-state index >= 15 is 0 Å². The number of carbonyl (C=O) groups excluding carboxylic acids is 1. The van der Waals surface area contributed by atoms with Crippen molar-refractivity contribution in [3.63, 3.8) is 0 Å². The van der Waals surface area contributed by atoms with Gasteiger partial charge in [0.1, 0.15) is 5.01 Å². The Morgan fingerprint density at radius 3 is 3.00 bits per heavy atom. The van der Waals surface area contributed by atoms with Crippen LogP contribution in [0.3, 0.4) is 0 Å². The largest absolute Gasteiger partial charge is 0.329 e. The van der Waals surface area contributed by atoms with Crippen molar-refractivity contribution in [3.05, 3.63) is 47.6 Å². The number of rotatable bonds is 5. The molecule has 0 aliphatic rings. The van der Waals surface area contributed by atoms with Crippen LogP contribution >= 0.6 is 22.9 Å². The smallest absolute Gasteiger partial charge is 0.238 e. The number of nitrogens with two attached hydrogens (primary N) is 1. The first-order chi connectivity index (χ1) is 13.1. The van der Waals surface area contributed by atoms with Gasteiger partial charge in [0, 0.05) is 16.6 Å². The number of nitrogens with one attached hydrogen (secondary N) is 3. The van der Waals surface area contributed by atoms with Crippen molar-refractivity contribution in [2.24, 2.45) is 5.73 Å². The first-order valence-electron chi connectivity index (χ1n) is 7.96. The molecule has 0 atom stereocenters. The summed E-state index contributed by atoms with van der Waals surface area (Å²) < 4.78 is 0. The zero-order valence-corrected chi connectivity index (χ0v) is 15.4. The lowest BCUT2D eigenvalue weighted by Crippen LogP contribution is -2.21. The highest BCUT2D eigenvalue weighted by molar-refractivity contribution is 7.18. The number of hydrogen-bond acceptors (Lipinski definition) is 7. The quantitative estimate of drug-likeness (QED) is 0.408. The van der Waals surface area contributed by atoms with Gasteiger partial charge < -0.3 is 16.4 Å². The summed E-state index contributed by atoms with van der Waals surface area (Å²) in [5, 5.41) is 23.9. The van der Waals surface area contributed by atoms with Gasteiger partial charge in [-0.15, -0.1) is 10.2 Å². The van der Waals surface area contributed by atoms with Crippen LogP contribution in [0, 0.1) is 0 Å². The van der Waals surface area contributed by atoms with Gasteiger partial charge in [0.05, 0.1) is 29.0 Å². The lowest BCUT2D eigenvalue weighted by atomic mass is 10.2. The summed E-state index contributed by atoms with van der Waals surface area (Å²) in [7, 11) is 0. The van der Waals surface area contributed by atoms with Crippen LogP contribution in [0.5, 0.6) is 0 Å². The summed E-state index contributed by atoms with van der Waals surface area (Å²) in [6.45, 7) is -0.0706. The number of nitrogens with zero attached hydrogens (tertiary/aromatic N) is 3. The summed E-state index contributed by atoms with van der Waals surface area (Å²) in [4.78, 5) is 11.5. The molecule has 4 rings (SSSR count). The molecule has 0 unspecified atom stereocenters. The van der Waals surface area contributed by atoms with Crippen LogP contribution in [-0.2, 0) is 4.79 Å². The molecule has 0 saturated heterocycles. The second-order valence-electron chi connectivity index (χ2n) is 5.63. The summed E-state index contributed by atoms with van der Waals surface area (Å²) in [6.07, 6.45) is 1.68. The minimum atomic E-state index is -0.254. The minimum Gasteiger partial charge on any atom is -0.329 e. The van der Waals surface area contributed by atoms with Gasteiger partial charge in [-0.05, 0) is 24.3 Å². The highest BCUT2D eigenvalue weighted by atomic mass is 35.5. The molecule has 0 radical (unpaired) electrons. The van der Waals surface area contributed by atoms with Crippen LogP contribution in [0.1, 0.15) is 0 Å². The van der Waals surface area contributed by atoms with Crippen LogP contribution in [0.2, 0.25) is 5.02 Å². The van der Waals surface area contributed by atoms with E-state index in [2.05, 4.69) is 31.0 Å². The SMILES string of the molecule is NCC(=O)Nc1cccc(-c2nnc(Nc3ccc4[nH]ncc4c3Cl)s2)c1. The molecule has 5 N–H and O–H groups in total. The fraction of sp³-hybridized carbons (Fsp3) is 0.0588. The zero-order valence-electron chi connectivity index (χ0n) is 13.9. The first-order valence-corrected chi connectivity index (χ1v) is 9.16. The minimum absolute atomic E-state index is 0.0706. The van der Waals surface area contributed by atoms with Crippen molar-refractivity contribution < 1.29 is 4.79 Å². The Bertz CT molecular complexity index is 1120. The van der Waals surface area contributed by atoms with E-state index in [4.69, 9.17) is 17.3 Å². The number of aromatic amines is 1. The van der Waals surface area contributed by atoms with Gasteiger partial charge in [-0.1, -0.05) is 35.1 Å². The highest BCUT2D eigenvalue weighted by Gasteiger charge is 2.12. The maximum Gasteiger partial charge on any atom is 0.238 e. The molecular weight excluding hydrogens is 386 g/mol. The Balaban J connectivity index is 1.57. The van der Waals surface area contributed by atoms with E-state index in [1.807, 2.05) is 30.3 Å². The average Bonchev–Trinajstić information content (AvgIpc) is 3.34. The highest BCUT2D eigenvalue weighted by Crippen LogP contribution is 2.34. The van der Waals surface area contributed by atoms with E-state index in [0.717, 1.165) is 22.2 Å². The first kappa shape index (κ1) is 17.4. The van der Waals surface area contributed by atoms with Crippen LogP contribution in [0.15, 0.2) is 42.6 Å². The van der Waals surface area contributed by atoms with E-state index in [1.165, 1.54) is 11.3 Å². The third-order valence-electron chi connectivity index (χ3n) is 3.80. The monoisotopic (exact) mass is 399 g/mol. The van der Waals surface area contributed by atoms with Crippen molar-refractivity contribution in [1.29, 1.82) is 0 Å². The molecule has 8 nitrogen and oxygen atoms in total. The van der Waals surface area contributed by atoms with Gasteiger partial charge in [-0.2, -0.15) is 5.10 Å². The standard InChI is InChI=1S/C17H14ClN7OS/c18-15-11-8-20-23-12(11)4-5-13(15)22-17-25-24-16(27-17)9-2-1-3-10(6-9)21-14(26)7-19/h1-6,8H,7,19H2,(H,20,23)(H,21,26)(H,22,25). The van der Waals surface area contributed by atoms with Crippen LogP contribution in [0.25, 0.3) is 21.5 Å². The molecule has 10 heteroatoms. The molecule has 0 aliphatic heterocycles. The zero-order chi connectivity index (χ0) is 18.8. The second kappa shape index (κ2) is 7.31. The van der Waals surface area contributed by atoms with Gasteiger partial charge in [0.15, 0.2) is 0 Å². The number of benzene rings is 2. The second-order valence-corrected chi connectivity index (χ2v) is 6.98. The van der Waals surface area contributed by atoms with Crippen LogP contribution in [0.4, 0.5) is 16.5 Å². The third kappa shape index (κ3) is 3.61. The maximum absolute atomic E-state index is 11.5. The van der Waals surface area contributed by atoms with E-state index in [1.54, 1.807) is 12.3 Å². The number of anilines is 3. The van der Waals surface area contributed by atoms with Crippen LogP contribution in [-0.4, -0.2) is 32.8 Å². The Kier molecular flexibility index (Phi) is 4.71. The van der Waals surface area contributed by atoms with Crippen molar-refractivity contribution in [2.45, 2.75) is 0 Å². The Labute approximate surface area is 162 Å². The van der Waals surface area contributed by atoms with E-state index in [-0.39, 0.29) is 12.5 Å². The third-order valence-corrected chi connectivity index (χ3v) is 5.10. The lowest BCUT2D eigenvalue weighted by Gasteiger charge is -2.05. The maximum atomic E-state index is 11.5. The number of aromatic nitrogens is 4. The summed E-state index contributed by atoms with van der Waals surface area (Å²) in [5.41, 5.74) is 8.40. The van der Waals surface area contributed by atoms with Crippen molar-refractivity contribution in [1.82, 2.24) is 20.4 Å². The summed E-state index contributed by atoms with van der Waals surface area (Å²) in [5.74, 6) is -0.254. The van der Waals surface area contributed by atoms with Gasteiger partial charge in [0.25, 0.3) is 0 Å². The molecule has 27 heavy (non-hydrogen) atoms. The number of carbonyl (C=O) groups is 1. The summed E-state index contributed by atoms with van der Waals surface area (Å²) in [6, 6.07) is 11.1. The Morgan fingerprint density at radius 2 is 2.15 bits per heavy atom. The van der Waals surface area contributed by atoms with Gasteiger partial charge in [0.2, 0.25) is 11.0 Å². The van der Waals surface area contributed by atoms with Gasteiger partial charge in [-0.25, -0.2) is 0 Å². The van der Waals surface area contributed by atoms with E-state index in [0.29, 0.717) is 20.8 Å². The van der Waals surface area contributed by atoms with Crippen LogP contribution < -0.4 is 16.4 Å². The number of fused-ring (bicyclic) bond motifs is 1. The Hall–Kier alpha value is -3.01. The molecule has 136 valence electrons. The summed E-state index contributed by atoms with van der Waals surface area (Å²) >= 11 is 7.80. The topological polar surface area (TPSA) is 122 Å². The van der Waals surface area contributed by atoms with E-state index < -0.39 is 0 Å². The van der Waals surface area contributed by atoms with Gasteiger partial charge in [-0.3, -0.25) is 9.89 Å². The predicted molar refractivity (Wildman–Crippen MR) is 107 cm³/mol. The number of hydrogen-bond donors (Lipinski definition) is 4. The van der Waals surface area contributed by atoms with E-state index in [9.17, 15) is 4.79 Å². The molecule has 2 heterocycles. The fourth-order valence-corrected chi connectivity index (χ4v) is 3.54. The molecule has 2 aromatic heterocycles. The van der Waals surface area contributed by atoms with Crippen molar-refractivity contribution >= 4 is 56.3 Å².